The molecule has 1 N–H and O–H groups in total. The van der Waals surface area contributed by atoms with Crippen LogP contribution >= 0.6 is 0 Å². The van der Waals surface area contributed by atoms with E-state index >= 15 is 0 Å². The van der Waals surface area contributed by atoms with E-state index in [1.165, 1.54) is 25.5 Å². The first kappa shape index (κ1) is 9.45. The van der Waals surface area contributed by atoms with Gasteiger partial charge >= 0.3 is 5.97 Å². The van der Waals surface area contributed by atoms with Gasteiger partial charge in [-0.2, -0.15) is 5.10 Å². The van der Waals surface area contributed by atoms with Crippen molar-refractivity contribution >= 4 is 11.6 Å². The maximum absolute atomic E-state index is 11.0. The van der Waals surface area contributed by atoms with Gasteiger partial charge in [-0.25, -0.2) is 9.31 Å². The lowest BCUT2D eigenvalue weighted by Crippen LogP contribution is -2.18. The Morgan fingerprint density at radius 2 is 2.31 bits per heavy atom. The summed E-state index contributed by atoms with van der Waals surface area (Å²) in [5.74, 6) is -0.212. The van der Waals surface area contributed by atoms with Crippen molar-refractivity contribution in [3.8, 4) is 0 Å². The van der Waals surface area contributed by atoms with Gasteiger partial charge in [0.15, 0.2) is 0 Å². The monoisotopic (exact) mass is 219 g/mol. The van der Waals surface area contributed by atoms with Crippen LogP contribution in [0.3, 0.4) is 0 Å². The minimum atomic E-state index is -0.913. The molecule has 1 aliphatic rings. The molecule has 2 heterocycles. The molecule has 5 heteroatoms. The largest absolute Gasteiger partial charge is 0.477 e. The normalized spacial score (nSPS) is 16.5. The Labute approximate surface area is 92.3 Å². The van der Waals surface area contributed by atoms with Crippen molar-refractivity contribution in [3.63, 3.8) is 0 Å². The molecule has 3 rings (SSSR count). The molecular formula is C11H13N3O2. The van der Waals surface area contributed by atoms with E-state index in [9.17, 15) is 4.79 Å². The van der Waals surface area contributed by atoms with Gasteiger partial charge < -0.3 is 9.67 Å². The summed E-state index contributed by atoms with van der Waals surface area (Å²) in [6.07, 6.45) is 8.93. The zero-order chi connectivity index (χ0) is 11.1. The van der Waals surface area contributed by atoms with Crippen molar-refractivity contribution < 1.29 is 9.90 Å². The summed E-state index contributed by atoms with van der Waals surface area (Å²) >= 11 is 0. The highest BCUT2D eigenvalue weighted by Crippen LogP contribution is 2.28. The van der Waals surface area contributed by atoms with Crippen LogP contribution in [-0.2, 0) is 6.54 Å². The first-order valence-electron chi connectivity index (χ1n) is 5.51. The molecule has 0 bridgehead atoms. The maximum atomic E-state index is 11.0. The highest BCUT2D eigenvalue weighted by molar-refractivity contribution is 5.94. The third kappa shape index (κ3) is 1.31. The number of fused-ring (bicyclic) bond motifs is 1. The molecule has 0 aromatic carbocycles. The van der Waals surface area contributed by atoms with Gasteiger partial charge in [0.05, 0.1) is 6.20 Å². The van der Waals surface area contributed by atoms with E-state index in [1.807, 2.05) is 10.8 Å². The summed E-state index contributed by atoms with van der Waals surface area (Å²) in [6.45, 7) is 0.905. The van der Waals surface area contributed by atoms with Crippen LogP contribution in [0.1, 0.15) is 29.6 Å². The zero-order valence-corrected chi connectivity index (χ0v) is 8.83. The lowest BCUT2D eigenvalue weighted by atomic mass is 9.85. The lowest BCUT2D eigenvalue weighted by Gasteiger charge is -2.25. The van der Waals surface area contributed by atoms with Crippen molar-refractivity contribution in [3.05, 3.63) is 24.2 Å². The summed E-state index contributed by atoms with van der Waals surface area (Å²) in [5.41, 5.74) is 0.976. The average Bonchev–Trinajstić information content (AvgIpc) is 2.71. The molecule has 2 aromatic rings. The van der Waals surface area contributed by atoms with Crippen LogP contribution in [0.15, 0.2) is 18.6 Å². The van der Waals surface area contributed by atoms with E-state index in [1.54, 1.807) is 10.7 Å². The third-order valence-corrected chi connectivity index (χ3v) is 3.34. The summed E-state index contributed by atoms with van der Waals surface area (Å²) in [5, 5.41) is 13.1. The molecule has 0 amide bonds. The fourth-order valence-corrected chi connectivity index (χ4v) is 2.22. The van der Waals surface area contributed by atoms with Crippen LogP contribution in [0, 0.1) is 5.92 Å². The summed E-state index contributed by atoms with van der Waals surface area (Å²) in [6, 6.07) is 0. The molecule has 84 valence electrons. The zero-order valence-electron chi connectivity index (χ0n) is 8.83. The Bertz CT molecular complexity index is 536. The van der Waals surface area contributed by atoms with Gasteiger partial charge in [0.2, 0.25) is 0 Å². The molecule has 0 unspecified atom stereocenters. The molecule has 0 radical (unpaired) electrons. The predicted molar refractivity (Wildman–Crippen MR) is 57.5 cm³/mol. The third-order valence-electron chi connectivity index (χ3n) is 3.34. The van der Waals surface area contributed by atoms with Gasteiger partial charge in [-0.3, -0.25) is 0 Å². The number of carboxylic acids is 1. The molecule has 16 heavy (non-hydrogen) atoms. The van der Waals surface area contributed by atoms with Crippen LogP contribution < -0.4 is 0 Å². The minimum Gasteiger partial charge on any atom is -0.477 e. The Balaban J connectivity index is 2.02. The van der Waals surface area contributed by atoms with Crippen molar-refractivity contribution in [2.45, 2.75) is 25.8 Å². The van der Waals surface area contributed by atoms with Gasteiger partial charge in [0.1, 0.15) is 11.2 Å². The molecule has 1 fully saturated rings. The first-order valence-corrected chi connectivity index (χ1v) is 5.51. The summed E-state index contributed by atoms with van der Waals surface area (Å²) < 4.78 is 3.63. The molecule has 1 saturated carbocycles. The van der Waals surface area contributed by atoms with E-state index in [0.29, 0.717) is 11.6 Å². The first-order chi connectivity index (χ1) is 7.75. The Morgan fingerprint density at radius 3 is 2.94 bits per heavy atom. The van der Waals surface area contributed by atoms with Gasteiger partial charge in [0, 0.05) is 18.9 Å². The average molecular weight is 219 g/mol. The van der Waals surface area contributed by atoms with Crippen molar-refractivity contribution in [1.82, 2.24) is 14.2 Å². The highest BCUT2D eigenvalue weighted by Gasteiger charge is 2.21. The van der Waals surface area contributed by atoms with E-state index < -0.39 is 5.97 Å². The van der Waals surface area contributed by atoms with Crippen molar-refractivity contribution in [2.24, 2.45) is 5.92 Å². The quantitative estimate of drug-likeness (QED) is 0.853. The maximum Gasteiger partial charge on any atom is 0.341 e. The van der Waals surface area contributed by atoms with Crippen LogP contribution in [0.2, 0.25) is 0 Å². The van der Waals surface area contributed by atoms with E-state index in [4.69, 9.17) is 5.11 Å². The molecule has 2 aromatic heterocycles. The number of aromatic nitrogens is 3. The smallest absolute Gasteiger partial charge is 0.341 e. The second kappa shape index (κ2) is 3.37. The van der Waals surface area contributed by atoms with Crippen LogP contribution in [0.4, 0.5) is 0 Å². The molecule has 1 aliphatic carbocycles. The topological polar surface area (TPSA) is 59.5 Å². The SMILES string of the molecule is O=C(O)c1cnn2ccn(CC3CCC3)c12. The lowest BCUT2D eigenvalue weighted by molar-refractivity contribution is 0.0698. The number of aromatic carboxylic acids is 1. The molecule has 0 saturated heterocycles. The summed E-state index contributed by atoms with van der Waals surface area (Å²) in [7, 11) is 0. The predicted octanol–water partition coefficient (Wildman–Crippen LogP) is 1.63. The molecule has 5 nitrogen and oxygen atoms in total. The number of carbonyl (C=O) groups is 1. The van der Waals surface area contributed by atoms with Crippen LogP contribution in [-0.4, -0.2) is 25.3 Å². The fourth-order valence-electron chi connectivity index (χ4n) is 2.22. The Morgan fingerprint density at radius 1 is 1.50 bits per heavy atom. The number of carboxylic acid groups (broad SMARTS) is 1. The van der Waals surface area contributed by atoms with Gasteiger partial charge in [-0.05, 0) is 18.8 Å². The Hall–Kier alpha value is -1.78. The number of hydrogen-bond donors (Lipinski definition) is 1. The second-order valence-electron chi connectivity index (χ2n) is 4.38. The summed E-state index contributed by atoms with van der Waals surface area (Å²) in [4.78, 5) is 11.0. The highest BCUT2D eigenvalue weighted by atomic mass is 16.4. The van der Waals surface area contributed by atoms with Crippen molar-refractivity contribution in [2.75, 3.05) is 0 Å². The number of rotatable bonds is 3. The molecule has 0 aliphatic heterocycles. The van der Waals surface area contributed by atoms with Gasteiger partial charge in [-0.1, -0.05) is 6.42 Å². The number of hydrogen-bond acceptors (Lipinski definition) is 2. The number of imidazole rings is 1. The molecule has 0 spiro atoms. The fraction of sp³-hybridized carbons (Fsp3) is 0.455. The van der Waals surface area contributed by atoms with E-state index in [-0.39, 0.29) is 5.56 Å². The van der Waals surface area contributed by atoms with E-state index in [2.05, 4.69) is 5.10 Å². The minimum absolute atomic E-state index is 0.282. The van der Waals surface area contributed by atoms with Gasteiger partial charge in [0.25, 0.3) is 0 Å². The van der Waals surface area contributed by atoms with Crippen LogP contribution in [0.5, 0.6) is 0 Å². The Kier molecular flexibility index (Phi) is 1.99. The molecule has 0 atom stereocenters. The van der Waals surface area contributed by atoms with Crippen molar-refractivity contribution in [1.29, 1.82) is 0 Å². The molecular weight excluding hydrogens is 206 g/mol. The van der Waals surface area contributed by atoms with Gasteiger partial charge in [-0.15, -0.1) is 0 Å². The number of nitrogens with zero attached hydrogens (tertiary/aromatic N) is 3. The standard InChI is InChI=1S/C11H13N3O2/c15-11(16)9-6-12-14-5-4-13(10(9)14)7-8-2-1-3-8/h4-6,8H,1-3,7H2,(H,15,16). The second-order valence-corrected chi connectivity index (χ2v) is 4.38. The van der Waals surface area contributed by atoms with E-state index in [0.717, 1.165) is 6.54 Å². The van der Waals surface area contributed by atoms with Crippen LogP contribution in [0.25, 0.3) is 5.65 Å².